The van der Waals surface area contributed by atoms with Crippen LogP contribution in [0.5, 0.6) is 0 Å². The lowest BCUT2D eigenvalue weighted by molar-refractivity contribution is 0.177. The van der Waals surface area contributed by atoms with E-state index in [1.807, 2.05) is 0 Å². The van der Waals surface area contributed by atoms with Crippen LogP contribution in [0, 0.1) is 11.7 Å². The van der Waals surface area contributed by atoms with Crippen molar-refractivity contribution in [2.75, 3.05) is 13.2 Å². The average molecular weight is 239 g/mol. The monoisotopic (exact) mass is 239 g/mol. The number of hydrogen-bond acceptors (Lipinski definition) is 2. The van der Waals surface area contributed by atoms with Crippen molar-refractivity contribution in [1.29, 1.82) is 0 Å². The average Bonchev–Trinajstić information content (AvgIpc) is 2.32. The van der Waals surface area contributed by atoms with Gasteiger partial charge in [0.25, 0.3) is 0 Å². The van der Waals surface area contributed by atoms with Crippen LogP contribution < -0.4 is 5.73 Å². The van der Waals surface area contributed by atoms with Crippen LogP contribution in [-0.2, 0) is 5.41 Å². The van der Waals surface area contributed by atoms with E-state index in [9.17, 15) is 9.50 Å². The van der Waals surface area contributed by atoms with Crippen molar-refractivity contribution in [3.8, 4) is 0 Å². The topological polar surface area (TPSA) is 46.2 Å². The van der Waals surface area contributed by atoms with Crippen molar-refractivity contribution in [2.45, 2.75) is 32.1 Å². The molecule has 0 spiro atoms. The normalized spacial score (nSPS) is 14.9. The molecule has 0 aromatic heterocycles. The Labute approximate surface area is 103 Å². The van der Waals surface area contributed by atoms with Crippen LogP contribution in [0.25, 0.3) is 0 Å². The van der Waals surface area contributed by atoms with Gasteiger partial charge in [-0.1, -0.05) is 32.0 Å². The fourth-order valence-electron chi connectivity index (χ4n) is 2.03. The number of benzene rings is 1. The van der Waals surface area contributed by atoms with Gasteiger partial charge in [0.15, 0.2) is 0 Å². The second-order valence-corrected chi connectivity index (χ2v) is 5.05. The molecule has 0 aliphatic heterocycles. The minimum atomic E-state index is -0.643. The summed E-state index contributed by atoms with van der Waals surface area (Å²) in [7, 11) is 0. The Morgan fingerprint density at radius 2 is 2.00 bits per heavy atom. The molecule has 0 bridgehead atoms. The minimum Gasteiger partial charge on any atom is -0.395 e. The highest BCUT2D eigenvalue weighted by molar-refractivity contribution is 5.28. The van der Waals surface area contributed by atoms with Gasteiger partial charge in [0.05, 0.1) is 6.61 Å². The number of halogens is 1. The van der Waals surface area contributed by atoms with Crippen molar-refractivity contribution >= 4 is 0 Å². The van der Waals surface area contributed by atoms with E-state index in [1.54, 1.807) is 18.2 Å². The molecule has 0 amide bonds. The van der Waals surface area contributed by atoms with Crippen LogP contribution >= 0.6 is 0 Å². The van der Waals surface area contributed by atoms with Crippen LogP contribution in [0.15, 0.2) is 24.3 Å². The van der Waals surface area contributed by atoms with E-state index in [4.69, 9.17) is 5.73 Å². The van der Waals surface area contributed by atoms with Crippen molar-refractivity contribution in [1.82, 2.24) is 0 Å². The minimum absolute atomic E-state index is 0.114. The highest BCUT2D eigenvalue weighted by Gasteiger charge is 2.32. The molecule has 0 aliphatic carbocycles. The second-order valence-electron chi connectivity index (χ2n) is 5.05. The second kappa shape index (κ2) is 6.12. The summed E-state index contributed by atoms with van der Waals surface area (Å²) in [5.74, 6) is 0.231. The highest BCUT2D eigenvalue weighted by atomic mass is 19.1. The lowest BCUT2D eigenvalue weighted by Crippen LogP contribution is -2.40. The molecule has 0 radical (unpaired) electrons. The maximum Gasteiger partial charge on any atom is 0.127 e. The predicted octanol–water partition coefficient (Wildman–Crippen LogP) is 2.45. The van der Waals surface area contributed by atoms with Gasteiger partial charge in [0, 0.05) is 12.0 Å². The van der Waals surface area contributed by atoms with Gasteiger partial charge in [-0.2, -0.15) is 0 Å². The molecule has 17 heavy (non-hydrogen) atoms. The number of hydrogen-bond donors (Lipinski definition) is 2. The van der Waals surface area contributed by atoms with Crippen LogP contribution in [0.3, 0.4) is 0 Å². The third-order valence-electron chi connectivity index (χ3n) is 3.34. The lowest BCUT2D eigenvalue weighted by Gasteiger charge is -2.32. The number of nitrogens with two attached hydrogens (primary N) is 1. The summed E-state index contributed by atoms with van der Waals surface area (Å²) in [6.45, 7) is 4.37. The Hall–Kier alpha value is -0.930. The van der Waals surface area contributed by atoms with Crippen LogP contribution in [0.1, 0.15) is 32.3 Å². The Kier molecular flexibility index (Phi) is 5.09. The summed E-state index contributed by atoms with van der Waals surface area (Å²) in [5.41, 5.74) is 5.67. The maximum absolute atomic E-state index is 13.8. The zero-order valence-electron chi connectivity index (χ0n) is 10.6. The van der Waals surface area contributed by atoms with Crippen molar-refractivity contribution in [3.05, 3.63) is 35.6 Å². The van der Waals surface area contributed by atoms with Crippen molar-refractivity contribution < 1.29 is 9.50 Å². The molecule has 1 aromatic carbocycles. The van der Waals surface area contributed by atoms with Gasteiger partial charge in [-0.05, 0) is 30.4 Å². The third-order valence-corrected chi connectivity index (χ3v) is 3.34. The molecular formula is C14H22FNO. The third kappa shape index (κ3) is 3.27. The van der Waals surface area contributed by atoms with Crippen LogP contribution in [0.2, 0.25) is 0 Å². The zero-order chi connectivity index (χ0) is 12.9. The first-order valence-corrected chi connectivity index (χ1v) is 6.11. The quantitative estimate of drug-likeness (QED) is 0.801. The first-order chi connectivity index (χ1) is 8.05. The van der Waals surface area contributed by atoms with E-state index in [0.717, 1.165) is 6.42 Å². The summed E-state index contributed by atoms with van der Waals surface area (Å²) in [4.78, 5) is 0. The van der Waals surface area contributed by atoms with E-state index < -0.39 is 5.41 Å². The maximum atomic E-state index is 13.8. The SMILES string of the molecule is CC(C)CCC(CN)(CO)c1ccccc1F. The fourth-order valence-corrected chi connectivity index (χ4v) is 2.03. The number of aliphatic hydroxyl groups excluding tert-OH is 1. The van der Waals surface area contributed by atoms with Crippen molar-refractivity contribution in [2.24, 2.45) is 11.7 Å². The Balaban J connectivity index is 3.02. The highest BCUT2D eigenvalue weighted by Crippen LogP contribution is 2.31. The zero-order valence-corrected chi connectivity index (χ0v) is 10.6. The van der Waals surface area contributed by atoms with Gasteiger partial charge >= 0.3 is 0 Å². The fraction of sp³-hybridized carbons (Fsp3) is 0.571. The molecule has 0 heterocycles. The Morgan fingerprint density at radius 1 is 1.35 bits per heavy atom. The van der Waals surface area contributed by atoms with Crippen LogP contribution in [0.4, 0.5) is 4.39 Å². The molecule has 1 atom stereocenters. The molecule has 1 unspecified atom stereocenters. The molecule has 1 aromatic rings. The lowest BCUT2D eigenvalue weighted by atomic mass is 9.76. The van der Waals surface area contributed by atoms with Gasteiger partial charge in [0.2, 0.25) is 0 Å². The summed E-state index contributed by atoms with van der Waals surface area (Å²) in [6.07, 6.45) is 1.63. The molecule has 3 N–H and O–H groups in total. The van der Waals surface area contributed by atoms with Crippen molar-refractivity contribution in [3.63, 3.8) is 0 Å². The molecule has 0 saturated heterocycles. The molecule has 3 heteroatoms. The molecule has 2 nitrogen and oxygen atoms in total. The summed E-state index contributed by atoms with van der Waals surface area (Å²) < 4.78 is 13.8. The van der Waals surface area contributed by atoms with Gasteiger partial charge in [-0.25, -0.2) is 4.39 Å². The molecular weight excluding hydrogens is 217 g/mol. The van der Waals surface area contributed by atoms with Crippen LogP contribution in [-0.4, -0.2) is 18.3 Å². The first-order valence-electron chi connectivity index (χ1n) is 6.11. The van der Waals surface area contributed by atoms with Gasteiger partial charge in [-0.3, -0.25) is 0 Å². The molecule has 96 valence electrons. The van der Waals surface area contributed by atoms with E-state index >= 15 is 0 Å². The van der Waals surface area contributed by atoms with E-state index in [2.05, 4.69) is 13.8 Å². The molecule has 0 saturated carbocycles. The summed E-state index contributed by atoms with van der Waals surface area (Å²) in [5, 5.41) is 9.62. The van der Waals surface area contributed by atoms with Gasteiger partial charge in [-0.15, -0.1) is 0 Å². The number of rotatable bonds is 6. The van der Waals surface area contributed by atoms with E-state index in [-0.39, 0.29) is 19.0 Å². The largest absolute Gasteiger partial charge is 0.395 e. The Bertz CT molecular complexity index is 348. The summed E-state index contributed by atoms with van der Waals surface area (Å²) in [6, 6.07) is 6.58. The first kappa shape index (κ1) is 14.1. The van der Waals surface area contributed by atoms with Gasteiger partial charge < -0.3 is 10.8 Å². The Morgan fingerprint density at radius 3 is 2.47 bits per heavy atom. The van der Waals surface area contributed by atoms with Gasteiger partial charge in [0.1, 0.15) is 5.82 Å². The molecule has 1 rings (SSSR count). The molecule has 0 aliphatic rings. The predicted molar refractivity (Wildman–Crippen MR) is 68.3 cm³/mol. The molecule has 0 fully saturated rings. The van der Waals surface area contributed by atoms with E-state index in [1.165, 1.54) is 6.07 Å². The van der Waals surface area contributed by atoms with E-state index in [0.29, 0.717) is 17.9 Å². The summed E-state index contributed by atoms with van der Waals surface area (Å²) >= 11 is 0. The number of aliphatic hydroxyl groups is 1. The smallest absolute Gasteiger partial charge is 0.127 e. The standard InChI is InChI=1S/C14H22FNO/c1-11(2)7-8-14(9-16,10-17)12-5-3-4-6-13(12)15/h3-6,11,17H,7-10,16H2,1-2H3.